The number of halogens is 4. The van der Waals surface area contributed by atoms with Gasteiger partial charge in [0.25, 0.3) is 5.91 Å². The standard InChI is InChI=1S/C25H26F4N2O4S/c26-21-13-17(25(27,28)29)3-7-22(21)30-9-11-31(12-10-30)24(32)20-14-19(36(33,34)18-4-5-18)6-8-23(20)35-15-16-1-2-16/h3,6-8,13-14,16,18H,1-2,4-5,9-12,15H2. The molecule has 11 heteroatoms. The van der Waals surface area contributed by atoms with Crippen molar-refractivity contribution >= 4 is 21.4 Å². The average molecular weight is 527 g/mol. The van der Waals surface area contributed by atoms with E-state index in [9.17, 15) is 30.8 Å². The fourth-order valence-corrected chi connectivity index (χ4v) is 5.98. The number of amides is 1. The Balaban J connectivity index is 1.32. The van der Waals surface area contributed by atoms with Crippen molar-refractivity contribution < 1.29 is 35.5 Å². The maximum absolute atomic E-state index is 14.4. The zero-order valence-electron chi connectivity index (χ0n) is 19.4. The molecular formula is C25H26F4N2O4S. The third-order valence-corrected chi connectivity index (χ3v) is 9.09. The highest BCUT2D eigenvalue weighted by Gasteiger charge is 2.38. The Morgan fingerprint density at radius 1 is 0.972 bits per heavy atom. The van der Waals surface area contributed by atoms with E-state index in [1.807, 2.05) is 0 Å². The Hall–Kier alpha value is -2.82. The lowest BCUT2D eigenvalue weighted by molar-refractivity contribution is -0.137. The first-order valence-electron chi connectivity index (χ1n) is 12.0. The summed E-state index contributed by atoms with van der Waals surface area (Å²) in [5.74, 6) is -0.595. The lowest BCUT2D eigenvalue weighted by Gasteiger charge is -2.36. The van der Waals surface area contributed by atoms with Crippen LogP contribution in [0.4, 0.5) is 23.2 Å². The predicted molar refractivity (Wildman–Crippen MR) is 124 cm³/mol. The van der Waals surface area contributed by atoms with Crippen LogP contribution in [0, 0.1) is 11.7 Å². The molecule has 0 N–H and O–H groups in total. The van der Waals surface area contributed by atoms with Gasteiger partial charge in [0.05, 0.1) is 33.6 Å². The van der Waals surface area contributed by atoms with Crippen molar-refractivity contribution in [1.82, 2.24) is 4.90 Å². The minimum Gasteiger partial charge on any atom is -0.492 e. The van der Waals surface area contributed by atoms with Crippen molar-refractivity contribution in [3.05, 3.63) is 53.3 Å². The van der Waals surface area contributed by atoms with Crippen molar-refractivity contribution in [2.45, 2.75) is 42.0 Å². The summed E-state index contributed by atoms with van der Waals surface area (Å²) >= 11 is 0. The summed E-state index contributed by atoms with van der Waals surface area (Å²) in [6.07, 6.45) is -1.31. The lowest BCUT2D eigenvalue weighted by atomic mass is 10.1. The molecule has 2 aromatic rings. The van der Waals surface area contributed by atoms with E-state index in [4.69, 9.17) is 4.74 Å². The molecule has 2 saturated carbocycles. The van der Waals surface area contributed by atoms with Crippen LogP contribution in [0.2, 0.25) is 0 Å². The highest BCUT2D eigenvalue weighted by atomic mass is 32.2. The van der Waals surface area contributed by atoms with E-state index in [2.05, 4.69) is 0 Å². The SMILES string of the molecule is O=C(c1cc(S(=O)(=O)C2CC2)ccc1OCC1CC1)N1CCN(c2ccc(C(F)(F)F)cc2F)CC1. The number of carbonyl (C=O) groups excluding carboxylic acids is 1. The van der Waals surface area contributed by atoms with Gasteiger partial charge in [-0.1, -0.05) is 0 Å². The van der Waals surface area contributed by atoms with E-state index < -0.39 is 32.6 Å². The van der Waals surface area contributed by atoms with Gasteiger partial charge in [-0.15, -0.1) is 0 Å². The summed E-state index contributed by atoms with van der Waals surface area (Å²) in [6.45, 7) is 1.27. The van der Waals surface area contributed by atoms with Gasteiger partial charge in [-0.2, -0.15) is 13.2 Å². The van der Waals surface area contributed by atoms with Crippen LogP contribution < -0.4 is 9.64 Å². The van der Waals surface area contributed by atoms with Gasteiger partial charge in [-0.25, -0.2) is 12.8 Å². The van der Waals surface area contributed by atoms with Gasteiger partial charge in [0.1, 0.15) is 11.6 Å². The number of alkyl halides is 3. The second-order valence-corrected chi connectivity index (χ2v) is 11.8. The minimum absolute atomic E-state index is 0.0427. The summed E-state index contributed by atoms with van der Waals surface area (Å²) in [4.78, 5) is 16.7. The molecule has 194 valence electrons. The largest absolute Gasteiger partial charge is 0.492 e. The number of benzene rings is 2. The molecule has 6 nitrogen and oxygen atoms in total. The normalized spacial score (nSPS) is 18.9. The second kappa shape index (κ2) is 9.24. The molecule has 2 aromatic carbocycles. The van der Waals surface area contributed by atoms with Gasteiger partial charge in [0.2, 0.25) is 0 Å². The fourth-order valence-electron chi connectivity index (χ4n) is 4.30. The molecule has 3 fully saturated rings. The average Bonchev–Trinajstić information content (AvgIpc) is 3.75. The molecule has 5 rings (SSSR count). The quantitative estimate of drug-likeness (QED) is 0.496. The van der Waals surface area contributed by atoms with Gasteiger partial charge in [0, 0.05) is 26.2 Å². The summed E-state index contributed by atoms with van der Waals surface area (Å²) in [5.41, 5.74) is -0.843. The van der Waals surface area contributed by atoms with E-state index in [0.717, 1.165) is 25.0 Å². The number of carbonyl (C=O) groups is 1. The molecule has 0 spiro atoms. The van der Waals surface area contributed by atoms with Crippen molar-refractivity contribution in [3.8, 4) is 5.75 Å². The van der Waals surface area contributed by atoms with Gasteiger partial charge < -0.3 is 14.5 Å². The zero-order valence-corrected chi connectivity index (χ0v) is 20.2. The van der Waals surface area contributed by atoms with Crippen molar-refractivity contribution in [3.63, 3.8) is 0 Å². The molecule has 0 radical (unpaired) electrons. The van der Waals surface area contributed by atoms with Crippen LogP contribution in [-0.2, 0) is 16.0 Å². The summed E-state index contributed by atoms with van der Waals surface area (Å²) in [7, 11) is -3.51. The molecule has 0 bridgehead atoms. The third-order valence-electron chi connectivity index (χ3n) is 6.83. The molecule has 1 saturated heterocycles. The number of nitrogens with zero attached hydrogens (tertiary/aromatic N) is 2. The molecule has 2 aliphatic carbocycles. The van der Waals surface area contributed by atoms with E-state index in [0.29, 0.717) is 37.2 Å². The molecule has 3 aliphatic rings. The van der Waals surface area contributed by atoms with Crippen LogP contribution in [0.5, 0.6) is 5.75 Å². The van der Waals surface area contributed by atoms with Gasteiger partial charge in [-0.05, 0) is 68.0 Å². The number of piperazine rings is 1. The first kappa shape index (κ1) is 24.9. The molecular weight excluding hydrogens is 500 g/mol. The lowest BCUT2D eigenvalue weighted by Crippen LogP contribution is -2.49. The highest BCUT2D eigenvalue weighted by molar-refractivity contribution is 7.92. The van der Waals surface area contributed by atoms with Crippen LogP contribution >= 0.6 is 0 Å². The van der Waals surface area contributed by atoms with E-state index in [1.54, 1.807) is 11.0 Å². The van der Waals surface area contributed by atoms with Crippen LogP contribution in [0.25, 0.3) is 0 Å². The first-order chi connectivity index (χ1) is 17.0. The first-order valence-corrected chi connectivity index (χ1v) is 13.5. The zero-order chi connectivity index (χ0) is 25.7. The Kier molecular flexibility index (Phi) is 6.38. The van der Waals surface area contributed by atoms with Crippen molar-refractivity contribution in [1.29, 1.82) is 0 Å². The van der Waals surface area contributed by atoms with E-state index in [1.165, 1.54) is 17.0 Å². The smallest absolute Gasteiger partial charge is 0.416 e. The Morgan fingerprint density at radius 2 is 1.67 bits per heavy atom. The number of sulfone groups is 1. The Labute approximate surface area is 206 Å². The molecule has 1 aliphatic heterocycles. The second-order valence-electron chi connectivity index (χ2n) is 9.60. The number of anilines is 1. The predicted octanol–water partition coefficient (Wildman–Crippen LogP) is 4.53. The fraction of sp³-hybridized carbons (Fsp3) is 0.480. The molecule has 1 amide bonds. The third kappa shape index (κ3) is 5.16. The number of ether oxygens (including phenoxy) is 1. The number of hydrogen-bond acceptors (Lipinski definition) is 5. The molecule has 0 unspecified atom stereocenters. The minimum atomic E-state index is -4.63. The van der Waals surface area contributed by atoms with Crippen molar-refractivity contribution in [2.24, 2.45) is 5.92 Å². The molecule has 1 heterocycles. The monoisotopic (exact) mass is 526 g/mol. The van der Waals surface area contributed by atoms with Crippen molar-refractivity contribution in [2.75, 3.05) is 37.7 Å². The number of hydrogen-bond donors (Lipinski definition) is 0. The topological polar surface area (TPSA) is 66.9 Å². The molecule has 36 heavy (non-hydrogen) atoms. The van der Waals surface area contributed by atoms with Crippen LogP contribution in [0.15, 0.2) is 41.3 Å². The van der Waals surface area contributed by atoms with E-state index in [-0.39, 0.29) is 48.2 Å². The number of rotatable bonds is 7. The van der Waals surface area contributed by atoms with Gasteiger partial charge in [0.15, 0.2) is 9.84 Å². The van der Waals surface area contributed by atoms with E-state index >= 15 is 0 Å². The van der Waals surface area contributed by atoms with Gasteiger partial charge >= 0.3 is 6.18 Å². The Morgan fingerprint density at radius 3 is 2.25 bits per heavy atom. The van der Waals surface area contributed by atoms with Crippen LogP contribution in [0.3, 0.4) is 0 Å². The van der Waals surface area contributed by atoms with Gasteiger partial charge in [-0.3, -0.25) is 4.79 Å². The molecule has 0 aromatic heterocycles. The summed E-state index contributed by atoms with van der Waals surface area (Å²) in [5, 5.41) is -0.416. The van der Waals surface area contributed by atoms with Crippen LogP contribution in [-0.4, -0.2) is 57.3 Å². The molecule has 0 atom stereocenters. The Bertz CT molecular complexity index is 1270. The summed E-state index contributed by atoms with van der Waals surface area (Å²) < 4.78 is 84.4. The van der Waals surface area contributed by atoms with Crippen LogP contribution in [0.1, 0.15) is 41.6 Å². The maximum atomic E-state index is 14.4. The summed E-state index contributed by atoms with van der Waals surface area (Å²) in [6, 6.07) is 6.83. The highest BCUT2D eigenvalue weighted by Crippen LogP contribution is 2.37. The maximum Gasteiger partial charge on any atom is 0.416 e.